The van der Waals surface area contributed by atoms with Gasteiger partial charge in [0.25, 0.3) is 0 Å². The number of aryl methyl sites for hydroxylation is 2. The number of nitrogens with zero attached hydrogens (tertiary/aromatic N) is 1. The van der Waals surface area contributed by atoms with E-state index in [0.29, 0.717) is 6.04 Å². The van der Waals surface area contributed by atoms with Crippen molar-refractivity contribution in [3.8, 4) is 0 Å². The Balaban J connectivity index is 1.66. The van der Waals surface area contributed by atoms with Crippen molar-refractivity contribution in [1.82, 2.24) is 10.2 Å². The number of benzene rings is 1. The van der Waals surface area contributed by atoms with Crippen LogP contribution in [0.2, 0.25) is 0 Å². The molecule has 0 radical (unpaired) electrons. The van der Waals surface area contributed by atoms with Crippen LogP contribution in [0.4, 0.5) is 0 Å². The average Bonchev–Trinajstić information content (AvgIpc) is 3.00. The van der Waals surface area contributed by atoms with Crippen LogP contribution in [0, 0.1) is 25.7 Å². The van der Waals surface area contributed by atoms with Crippen LogP contribution in [0.15, 0.2) is 18.2 Å². The lowest BCUT2D eigenvalue weighted by atomic mass is 10.0. The van der Waals surface area contributed by atoms with Crippen LogP contribution in [-0.4, -0.2) is 31.6 Å². The van der Waals surface area contributed by atoms with E-state index in [2.05, 4.69) is 49.3 Å². The fourth-order valence-electron chi connectivity index (χ4n) is 4.08. The normalized spacial score (nSPS) is 27.8. The van der Waals surface area contributed by atoms with Crippen molar-refractivity contribution in [3.05, 3.63) is 34.9 Å². The number of hydrogen-bond donors (Lipinski definition) is 1. The predicted octanol–water partition coefficient (Wildman–Crippen LogP) is 3.30. The zero-order chi connectivity index (χ0) is 14.1. The van der Waals surface area contributed by atoms with Crippen LogP contribution in [0.5, 0.6) is 0 Å². The molecule has 1 aromatic rings. The molecule has 1 saturated carbocycles. The molecule has 1 aliphatic carbocycles. The quantitative estimate of drug-likeness (QED) is 0.905. The zero-order valence-corrected chi connectivity index (χ0v) is 13.2. The lowest BCUT2D eigenvalue weighted by molar-refractivity contribution is 0.278. The summed E-state index contributed by atoms with van der Waals surface area (Å²) in [5, 5.41) is 3.52. The van der Waals surface area contributed by atoms with E-state index >= 15 is 0 Å². The van der Waals surface area contributed by atoms with Gasteiger partial charge in [-0.3, -0.25) is 0 Å². The topological polar surface area (TPSA) is 15.3 Å². The lowest BCUT2D eigenvalue weighted by Crippen LogP contribution is -2.33. The highest BCUT2D eigenvalue weighted by Crippen LogP contribution is 2.38. The van der Waals surface area contributed by atoms with Crippen molar-refractivity contribution >= 4 is 0 Å². The van der Waals surface area contributed by atoms with Gasteiger partial charge in [0.2, 0.25) is 0 Å². The monoisotopic (exact) mass is 272 g/mol. The Labute approximate surface area is 123 Å². The van der Waals surface area contributed by atoms with Crippen molar-refractivity contribution in [3.63, 3.8) is 0 Å². The fraction of sp³-hybridized carbons (Fsp3) is 0.667. The molecule has 1 aromatic carbocycles. The van der Waals surface area contributed by atoms with Crippen molar-refractivity contribution in [2.75, 3.05) is 26.7 Å². The van der Waals surface area contributed by atoms with Crippen LogP contribution in [-0.2, 0) is 0 Å². The second-order valence-electron chi connectivity index (χ2n) is 6.85. The SMILES string of the molecule is CNC(CN1CC2CCCC2C1)c1ccc(C)c(C)c1. The van der Waals surface area contributed by atoms with E-state index in [-0.39, 0.29) is 0 Å². The average molecular weight is 272 g/mol. The minimum Gasteiger partial charge on any atom is -0.312 e. The summed E-state index contributed by atoms with van der Waals surface area (Å²) in [7, 11) is 2.09. The Morgan fingerprint density at radius 2 is 1.85 bits per heavy atom. The Bertz CT molecular complexity index is 456. The van der Waals surface area contributed by atoms with Crippen molar-refractivity contribution in [2.24, 2.45) is 11.8 Å². The number of rotatable bonds is 4. The first-order valence-corrected chi connectivity index (χ1v) is 8.14. The third-order valence-electron chi connectivity index (χ3n) is 5.52. The Kier molecular flexibility index (Phi) is 4.13. The first-order chi connectivity index (χ1) is 9.67. The number of likely N-dealkylation sites (N-methyl/N-ethyl adjacent to an activating group) is 1. The number of hydrogen-bond acceptors (Lipinski definition) is 2. The summed E-state index contributed by atoms with van der Waals surface area (Å²) in [6.07, 6.45) is 4.40. The van der Waals surface area contributed by atoms with Gasteiger partial charge in [0.15, 0.2) is 0 Å². The van der Waals surface area contributed by atoms with Crippen molar-refractivity contribution < 1.29 is 0 Å². The smallest absolute Gasteiger partial charge is 0.0446 e. The van der Waals surface area contributed by atoms with Crippen LogP contribution in [0.25, 0.3) is 0 Å². The second-order valence-corrected chi connectivity index (χ2v) is 6.85. The molecule has 2 nitrogen and oxygen atoms in total. The summed E-state index contributed by atoms with van der Waals surface area (Å²) in [5.74, 6) is 1.99. The summed E-state index contributed by atoms with van der Waals surface area (Å²) < 4.78 is 0. The molecule has 3 unspecified atom stereocenters. The van der Waals surface area contributed by atoms with E-state index in [0.717, 1.165) is 18.4 Å². The summed E-state index contributed by atoms with van der Waals surface area (Å²) in [6.45, 7) is 8.22. The van der Waals surface area contributed by atoms with Crippen LogP contribution in [0.3, 0.4) is 0 Å². The number of fused-ring (bicyclic) bond motifs is 1. The number of likely N-dealkylation sites (tertiary alicyclic amines) is 1. The molecule has 3 atom stereocenters. The second kappa shape index (κ2) is 5.87. The highest BCUT2D eigenvalue weighted by atomic mass is 15.2. The van der Waals surface area contributed by atoms with Crippen molar-refractivity contribution in [2.45, 2.75) is 39.2 Å². The van der Waals surface area contributed by atoms with E-state index in [1.54, 1.807) is 0 Å². The first-order valence-electron chi connectivity index (χ1n) is 8.14. The Hall–Kier alpha value is -0.860. The molecular weight excluding hydrogens is 244 g/mol. The first kappa shape index (κ1) is 14.1. The molecule has 110 valence electrons. The molecule has 3 rings (SSSR count). The van der Waals surface area contributed by atoms with E-state index in [4.69, 9.17) is 0 Å². The van der Waals surface area contributed by atoms with Gasteiger partial charge < -0.3 is 10.2 Å². The molecule has 0 bridgehead atoms. The fourth-order valence-corrected chi connectivity index (χ4v) is 4.08. The summed E-state index contributed by atoms with van der Waals surface area (Å²) in [6, 6.07) is 7.37. The van der Waals surface area contributed by atoms with Gasteiger partial charge in [-0.15, -0.1) is 0 Å². The molecule has 20 heavy (non-hydrogen) atoms. The van der Waals surface area contributed by atoms with Gasteiger partial charge >= 0.3 is 0 Å². The van der Waals surface area contributed by atoms with Crippen LogP contribution < -0.4 is 5.32 Å². The highest BCUT2D eigenvalue weighted by molar-refractivity contribution is 5.31. The van der Waals surface area contributed by atoms with Gasteiger partial charge in [-0.25, -0.2) is 0 Å². The van der Waals surface area contributed by atoms with E-state index in [1.165, 1.54) is 49.0 Å². The molecule has 1 saturated heterocycles. The number of nitrogens with one attached hydrogen (secondary N) is 1. The summed E-state index contributed by atoms with van der Waals surface area (Å²) in [4.78, 5) is 2.69. The molecule has 2 fully saturated rings. The zero-order valence-electron chi connectivity index (χ0n) is 13.2. The maximum atomic E-state index is 3.52. The van der Waals surface area contributed by atoms with E-state index in [1.807, 2.05) is 0 Å². The van der Waals surface area contributed by atoms with Gasteiger partial charge in [-0.1, -0.05) is 24.6 Å². The molecule has 1 aliphatic heterocycles. The van der Waals surface area contributed by atoms with Gasteiger partial charge in [0, 0.05) is 25.7 Å². The van der Waals surface area contributed by atoms with Gasteiger partial charge in [-0.05, 0) is 62.3 Å². The lowest BCUT2D eigenvalue weighted by Gasteiger charge is -2.25. The molecule has 0 aromatic heterocycles. The largest absolute Gasteiger partial charge is 0.312 e. The maximum absolute atomic E-state index is 3.52. The minimum absolute atomic E-state index is 0.466. The van der Waals surface area contributed by atoms with E-state index < -0.39 is 0 Å². The molecule has 2 aliphatic rings. The third-order valence-corrected chi connectivity index (χ3v) is 5.52. The van der Waals surface area contributed by atoms with Gasteiger partial charge in [-0.2, -0.15) is 0 Å². The molecule has 1 N–H and O–H groups in total. The molecule has 0 amide bonds. The molecule has 0 spiro atoms. The molecule has 2 heteroatoms. The van der Waals surface area contributed by atoms with Gasteiger partial charge in [0.05, 0.1) is 0 Å². The Morgan fingerprint density at radius 1 is 1.15 bits per heavy atom. The standard InChI is InChI=1S/C18H28N2/c1-13-7-8-15(9-14(13)2)18(19-3)12-20-10-16-5-4-6-17(16)11-20/h7-9,16-19H,4-6,10-12H2,1-3H3. The molecular formula is C18H28N2. The Morgan fingerprint density at radius 3 is 2.45 bits per heavy atom. The maximum Gasteiger partial charge on any atom is 0.0446 e. The molecule has 1 heterocycles. The van der Waals surface area contributed by atoms with Crippen LogP contribution in [0.1, 0.15) is 42.0 Å². The van der Waals surface area contributed by atoms with E-state index in [9.17, 15) is 0 Å². The summed E-state index contributed by atoms with van der Waals surface area (Å²) >= 11 is 0. The van der Waals surface area contributed by atoms with Gasteiger partial charge in [0.1, 0.15) is 0 Å². The third kappa shape index (κ3) is 2.77. The predicted molar refractivity (Wildman–Crippen MR) is 85.0 cm³/mol. The van der Waals surface area contributed by atoms with Crippen molar-refractivity contribution in [1.29, 1.82) is 0 Å². The highest BCUT2D eigenvalue weighted by Gasteiger charge is 2.36. The van der Waals surface area contributed by atoms with Crippen LogP contribution >= 0.6 is 0 Å². The minimum atomic E-state index is 0.466. The summed E-state index contributed by atoms with van der Waals surface area (Å²) in [5.41, 5.74) is 4.23.